The van der Waals surface area contributed by atoms with Gasteiger partial charge in [0.1, 0.15) is 0 Å². The van der Waals surface area contributed by atoms with Crippen molar-refractivity contribution in [1.29, 1.82) is 0 Å². The molecule has 0 radical (unpaired) electrons. The SMILES string of the molecule is Cc1ccc(S(=O)(=O)Nc2cccc(C3CC3(F)F)c2)cc1. The minimum absolute atomic E-state index is 0.139. The summed E-state index contributed by atoms with van der Waals surface area (Å²) in [6.45, 7) is 1.86. The molecule has 22 heavy (non-hydrogen) atoms. The number of benzene rings is 2. The Morgan fingerprint density at radius 3 is 2.36 bits per heavy atom. The van der Waals surface area contributed by atoms with E-state index in [4.69, 9.17) is 0 Å². The number of rotatable bonds is 4. The number of halogens is 2. The number of anilines is 1. The Morgan fingerprint density at radius 2 is 1.77 bits per heavy atom. The quantitative estimate of drug-likeness (QED) is 0.927. The third-order valence-corrected chi connectivity index (χ3v) is 5.10. The monoisotopic (exact) mass is 323 g/mol. The second kappa shape index (κ2) is 5.05. The van der Waals surface area contributed by atoms with Crippen molar-refractivity contribution < 1.29 is 17.2 Å². The first-order valence-corrected chi connectivity index (χ1v) is 8.33. The molecular formula is C16H15F2NO2S. The molecule has 0 spiro atoms. The van der Waals surface area contributed by atoms with Crippen molar-refractivity contribution in [2.24, 2.45) is 0 Å². The van der Waals surface area contributed by atoms with E-state index in [0.717, 1.165) is 5.56 Å². The molecule has 3 nitrogen and oxygen atoms in total. The predicted molar refractivity (Wildman–Crippen MR) is 80.7 cm³/mol. The van der Waals surface area contributed by atoms with E-state index in [-0.39, 0.29) is 11.3 Å². The summed E-state index contributed by atoms with van der Waals surface area (Å²) in [6.07, 6.45) is -0.179. The van der Waals surface area contributed by atoms with Gasteiger partial charge in [-0.2, -0.15) is 0 Å². The third kappa shape index (κ3) is 2.97. The summed E-state index contributed by atoms with van der Waals surface area (Å²) in [7, 11) is -3.72. The van der Waals surface area contributed by atoms with E-state index in [0.29, 0.717) is 11.3 Å². The highest BCUT2D eigenvalue weighted by atomic mass is 32.2. The van der Waals surface area contributed by atoms with Crippen LogP contribution in [0.1, 0.15) is 23.5 Å². The number of hydrogen-bond donors (Lipinski definition) is 1. The Hall–Kier alpha value is -1.95. The molecule has 1 saturated carbocycles. The zero-order valence-electron chi connectivity index (χ0n) is 11.9. The van der Waals surface area contributed by atoms with Crippen LogP contribution in [0.2, 0.25) is 0 Å². The van der Waals surface area contributed by atoms with Crippen molar-refractivity contribution in [3.63, 3.8) is 0 Å². The Balaban J connectivity index is 1.84. The summed E-state index contributed by atoms with van der Waals surface area (Å²) < 4.78 is 53.2. The van der Waals surface area contributed by atoms with E-state index in [1.807, 2.05) is 6.92 Å². The Labute approximate surface area is 128 Å². The fourth-order valence-electron chi connectivity index (χ4n) is 2.33. The molecule has 6 heteroatoms. The van der Waals surface area contributed by atoms with E-state index in [1.54, 1.807) is 30.3 Å². The van der Waals surface area contributed by atoms with Crippen LogP contribution >= 0.6 is 0 Å². The maximum absolute atomic E-state index is 13.1. The number of alkyl halides is 2. The second-order valence-corrected chi connectivity index (χ2v) is 7.24. The van der Waals surface area contributed by atoms with Crippen molar-refractivity contribution in [3.8, 4) is 0 Å². The molecule has 2 aromatic rings. The zero-order chi connectivity index (χ0) is 16.0. The maximum Gasteiger partial charge on any atom is 0.261 e. The first kappa shape index (κ1) is 15.0. The van der Waals surface area contributed by atoms with Gasteiger partial charge in [-0.25, -0.2) is 17.2 Å². The largest absolute Gasteiger partial charge is 0.280 e. The van der Waals surface area contributed by atoms with Crippen LogP contribution in [-0.4, -0.2) is 14.3 Å². The van der Waals surface area contributed by atoms with Gasteiger partial charge < -0.3 is 0 Å². The smallest absolute Gasteiger partial charge is 0.261 e. The average molecular weight is 323 g/mol. The van der Waals surface area contributed by atoms with Gasteiger partial charge in [-0.3, -0.25) is 4.72 Å². The molecule has 2 aromatic carbocycles. The molecule has 1 aliphatic rings. The van der Waals surface area contributed by atoms with Gasteiger partial charge in [-0.1, -0.05) is 29.8 Å². The lowest BCUT2D eigenvalue weighted by molar-refractivity contribution is 0.112. The van der Waals surface area contributed by atoms with Gasteiger partial charge in [-0.15, -0.1) is 0 Å². The lowest BCUT2D eigenvalue weighted by Gasteiger charge is -2.10. The summed E-state index contributed by atoms with van der Waals surface area (Å²) in [5, 5.41) is 0. The van der Waals surface area contributed by atoms with Crippen molar-refractivity contribution in [3.05, 3.63) is 59.7 Å². The van der Waals surface area contributed by atoms with Crippen LogP contribution in [0.4, 0.5) is 14.5 Å². The van der Waals surface area contributed by atoms with Crippen LogP contribution < -0.4 is 4.72 Å². The van der Waals surface area contributed by atoms with E-state index in [9.17, 15) is 17.2 Å². The first-order valence-electron chi connectivity index (χ1n) is 6.85. The zero-order valence-corrected chi connectivity index (χ0v) is 12.7. The van der Waals surface area contributed by atoms with Gasteiger partial charge >= 0.3 is 0 Å². The van der Waals surface area contributed by atoms with Crippen molar-refractivity contribution in [1.82, 2.24) is 0 Å². The van der Waals surface area contributed by atoms with Crippen LogP contribution in [0.15, 0.2) is 53.4 Å². The van der Waals surface area contributed by atoms with Gasteiger partial charge in [0.25, 0.3) is 15.9 Å². The van der Waals surface area contributed by atoms with Crippen molar-refractivity contribution in [2.75, 3.05) is 4.72 Å². The summed E-state index contributed by atoms with van der Waals surface area (Å²) in [4.78, 5) is 0.139. The van der Waals surface area contributed by atoms with Gasteiger partial charge in [0.05, 0.1) is 10.8 Å². The molecule has 1 fully saturated rings. The first-order chi connectivity index (χ1) is 10.3. The van der Waals surface area contributed by atoms with Gasteiger partial charge in [0.2, 0.25) is 0 Å². The predicted octanol–water partition coefficient (Wildman–Crippen LogP) is 3.92. The molecule has 0 amide bonds. The molecule has 1 unspecified atom stereocenters. The molecule has 0 aliphatic heterocycles. The molecule has 116 valence electrons. The summed E-state index contributed by atoms with van der Waals surface area (Å²) in [6, 6.07) is 12.6. The topological polar surface area (TPSA) is 46.2 Å². The molecule has 0 heterocycles. The molecule has 1 N–H and O–H groups in total. The van der Waals surface area contributed by atoms with Crippen LogP contribution in [0.3, 0.4) is 0 Å². The fraction of sp³-hybridized carbons (Fsp3) is 0.250. The number of hydrogen-bond acceptors (Lipinski definition) is 2. The molecule has 3 rings (SSSR count). The fourth-order valence-corrected chi connectivity index (χ4v) is 3.37. The Kier molecular flexibility index (Phi) is 3.44. The van der Waals surface area contributed by atoms with E-state index in [1.165, 1.54) is 18.2 Å². The van der Waals surface area contributed by atoms with E-state index in [2.05, 4.69) is 4.72 Å². The Morgan fingerprint density at radius 1 is 1.14 bits per heavy atom. The van der Waals surface area contributed by atoms with Crippen LogP contribution in [-0.2, 0) is 10.0 Å². The van der Waals surface area contributed by atoms with E-state index >= 15 is 0 Å². The summed E-state index contributed by atoms with van der Waals surface area (Å²) >= 11 is 0. The molecule has 1 atom stereocenters. The lowest BCUT2D eigenvalue weighted by Crippen LogP contribution is -2.13. The average Bonchev–Trinajstić information content (AvgIpc) is 3.08. The van der Waals surface area contributed by atoms with Crippen molar-refractivity contribution in [2.45, 2.75) is 30.1 Å². The molecular weight excluding hydrogens is 308 g/mol. The molecule has 0 aromatic heterocycles. The van der Waals surface area contributed by atoms with E-state index < -0.39 is 21.9 Å². The van der Waals surface area contributed by atoms with Crippen LogP contribution in [0.25, 0.3) is 0 Å². The highest BCUT2D eigenvalue weighted by molar-refractivity contribution is 7.92. The molecule has 1 aliphatic carbocycles. The lowest BCUT2D eigenvalue weighted by atomic mass is 10.1. The standard InChI is InChI=1S/C16H15F2NO2S/c1-11-5-7-14(8-6-11)22(20,21)19-13-4-2-3-12(9-13)15-10-16(15,17)18/h2-9,15,19H,10H2,1H3. The highest BCUT2D eigenvalue weighted by Crippen LogP contribution is 2.55. The highest BCUT2D eigenvalue weighted by Gasteiger charge is 2.57. The minimum atomic E-state index is -3.72. The molecule has 0 bridgehead atoms. The second-order valence-electron chi connectivity index (χ2n) is 5.56. The van der Waals surface area contributed by atoms with Gasteiger partial charge in [0.15, 0.2) is 0 Å². The van der Waals surface area contributed by atoms with Crippen LogP contribution in [0.5, 0.6) is 0 Å². The minimum Gasteiger partial charge on any atom is -0.280 e. The molecule has 0 saturated heterocycles. The maximum atomic E-state index is 13.1. The Bertz CT molecular complexity index is 801. The number of sulfonamides is 1. The van der Waals surface area contributed by atoms with Gasteiger partial charge in [0, 0.05) is 12.1 Å². The normalized spacial score (nSPS) is 19.7. The number of nitrogens with one attached hydrogen (secondary N) is 1. The summed E-state index contributed by atoms with van der Waals surface area (Å²) in [5.41, 5.74) is 1.70. The summed E-state index contributed by atoms with van der Waals surface area (Å²) in [5.74, 6) is -3.48. The van der Waals surface area contributed by atoms with Crippen LogP contribution in [0, 0.1) is 6.92 Å². The number of aryl methyl sites for hydroxylation is 1. The van der Waals surface area contributed by atoms with Crippen molar-refractivity contribution >= 4 is 15.7 Å². The van der Waals surface area contributed by atoms with Gasteiger partial charge in [-0.05, 0) is 36.8 Å². The third-order valence-electron chi connectivity index (χ3n) is 3.70.